The Labute approximate surface area is 90.4 Å². The molecule has 3 nitrogen and oxygen atoms in total. The number of ether oxygens (including phenoxy) is 2. The standard InChI is InChI=1S/C12H17NO2/c1-2-14-11-6-3-5-10(9-11)12-13-7-4-8-15-12/h3,5-6,9,12-13H,2,4,7-8H2,1H3. The monoisotopic (exact) mass is 207 g/mol. The average Bonchev–Trinajstić information content (AvgIpc) is 2.31. The van der Waals surface area contributed by atoms with Gasteiger partial charge in [0, 0.05) is 6.54 Å². The third kappa shape index (κ3) is 2.70. The lowest BCUT2D eigenvalue weighted by Crippen LogP contribution is -2.31. The van der Waals surface area contributed by atoms with Crippen LogP contribution >= 0.6 is 0 Å². The molecular formula is C12H17NO2. The molecular weight excluding hydrogens is 190 g/mol. The maximum absolute atomic E-state index is 5.63. The van der Waals surface area contributed by atoms with Crippen LogP contribution in [0.2, 0.25) is 0 Å². The Morgan fingerprint density at radius 2 is 2.47 bits per heavy atom. The Bertz CT molecular complexity index is 308. The van der Waals surface area contributed by atoms with Gasteiger partial charge in [-0.1, -0.05) is 12.1 Å². The summed E-state index contributed by atoms with van der Waals surface area (Å²) in [5.41, 5.74) is 1.14. The van der Waals surface area contributed by atoms with Gasteiger partial charge in [-0.15, -0.1) is 0 Å². The molecule has 1 saturated heterocycles. The lowest BCUT2D eigenvalue weighted by molar-refractivity contribution is -0.000440. The molecule has 3 heteroatoms. The van der Waals surface area contributed by atoms with Crippen molar-refractivity contribution >= 4 is 0 Å². The molecule has 2 rings (SSSR count). The number of rotatable bonds is 3. The summed E-state index contributed by atoms with van der Waals surface area (Å²) in [5, 5.41) is 3.33. The van der Waals surface area contributed by atoms with E-state index in [-0.39, 0.29) is 6.23 Å². The van der Waals surface area contributed by atoms with Gasteiger partial charge in [0.05, 0.1) is 13.2 Å². The van der Waals surface area contributed by atoms with Crippen LogP contribution in [0.1, 0.15) is 25.1 Å². The molecule has 1 heterocycles. The highest BCUT2D eigenvalue weighted by molar-refractivity contribution is 5.29. The molecule has 0 saturated carbocycles. The first-order chi connectivity index (χ1) is 7.40. The molecule has 82 valence electrons. The largest absolute Gasteiger partial charge is 0.494 e. The van der Waals surface area contributed by atoms with Gasteiger partial charge in [-0.05, 0) is 31.0 Å². The number of nitrogens with one attached hydrogen (secondary N) is 1. The zero-order valence-electron chi connectivity index (χ0n) is 9.03. The summed E-state index contributed by atoms with van der Waals surface area (Å²) in [6.45, 7) is 4.53. The van der Waals surface area contributed by atoms with Crippen molar-refractivity contribution in [3.63, 3.8) is 0 Å². The van der Waals surface area contributed by atoms with Crippen molar-refractivity contribution in [3.05, 3.63) is 29.8 Å². The van der Waals surface area contributed by atoms with Gasteiger partial charge in [0.1, 0.15) is 12.0 Å². The topological polar surface area (TPSA) is 30.5 Å². The lowest BCUT2D eigenvalue weighted by Gasteiger charge is -2.24. The molecule has 1 N–H and O–H groups in total. The summed E-state index contributed by atoms with van der Waals surface area (Å²) in [6, 6.07) is 8.06. The predicted octanol–water partition coefficient (Wildman–Crippen LogP) is 2.09. The summed E-state index contributed by atoms with van der Waals surface area (Å²) in [6.07, 6.45) is 1.11. The molecule has 0 bridgehead atoms. The summed E-state index contributed by atoms with van der Waals surface area (Å²) in [5.74, 6) is 0.908. The molecule has 1 atom stereocenters. The third-order valence-electron chi connectivity index (χ3n) is 2.41. The van der Waals surface area contributed by atoms with Crippen LogP contribution in [-0.4, -0.2) is 19.8 Å². The normalized spacial score (nSPS) is 21.3. The fraction of sp³-hybridized carbons (Fsp3) is 0.500. The van der Waals surface area contributed by atoms with Crippen molar-refractivity contribution in [2.24, 2.45) is 0 Å². The molecule has 1 fully saturated rings. The second kappa shape index (κ2) is 5.14. The van der Waals surface area contributed by atoms with Crippen LogP contribution in [0.5, 0.6) is 5.75 Å². The van der Waals surface area contributed by atoms with Crippen LogP contribution in [0, 0.1) is 0 Å². The van der Waals surface area contributed by atoms with Gasteiger partial charge in [0.2, 0.25) is 0 Å². The van der Waals surface area contributed by atoms with E-state index >= 15 is 0 Å². The Morgan fingerprint density at radius 3 is 3.20 bits per heavy atom. The smallest absolute Gasteiger partial charge is 0.134 e. The lowest BCUT2D eigenvalue weighted by atomic mass is 10.1. The predicted molar refractivity (Wildman–Crippen MR) is 58.9 cm³/mol. The van der Waals surface area contributed by atoms with Crippen molar-refractivity contribution in [1.82, 2.24) is 5.32 Å². The molecule has 1 aromatic carbocycles. The molecule has 1 aliphatic heterocycles. The Kier molecular flexibility index (Phi) is 3.59. The van der Waals surface area contributed by atoms with Crippen molar-refractivity contribution in [2.45, 2.75) is 19.6 Å². The Morgan fingerprint density at radius 1 is 1.53 bits per heavy atom. The molecule has 1 aromatic rings. The number of benzene rings is 1. The van der Waals surface area contributed by atoms with Crippen molar-refractivity contribution in [3.8, 4) is 5.75 Å². The number of hydrogen-bond acceptors (Lipinski definition) is 3. The van der Waals surface area contributed by atoms with E-state index in [0.29, 0.717) is 6.61 Å². The van der Waals surface area contributed by atoms with E-state index in [4.69, 9.17) is 9.47 Å². The minimum atomic E-state index is 0.0270. The first kappa shape index (κ1) is 10.5. The van der Waals surface area contributed by atoms with E-state index in [9.17, 15) is 0 Å². The Balaban J connectivity index is 2.09. The quantitative estimate of drug-likeness (QED) is 0.823. The highest BCUT2D eigenvalue weighted by Gasteiger charge is 2.15. The first-order valence-corrected chi connectivity index (χ1v) is 5.48. The second-order valence-corrected chi connectivity index (χ2v) is 3.56. The fourth-order valence-electron chi connectivity index (χ4n) is 1.71. The van der Waals surface area contributed by atoms with Crippen molar-refractivity contribution < 1.29 is 9.47 Å². The van der Waals surface area contributed by atoms with E-state index in [1.54, 1.807) is 0 Å². The maximum atomic E-state index is 5.63. The van der Waals surface area contributed by atoms with Crippen LogP contribution in [-0.2, 0) is 4.74 Å². The van der Waals surface area contributed by atoms with Gasteiger partial charge in [-0.25, -0.2) is 0 Å². The molecule has 0 amide bonds. The highest BCUT2D eigenvalue weighted by Crippen LogP contribution is 2.21. The highest BCUT2D eigenvalue weighted by atomic mass is 16.5. The van der Waals surface area contributed by atoms with Gasteiger partial charge in [0.25, 0.3) is 0 Å². The molecule has 1 aliphatic rings. The molecule has 0 aromatic heterocycles. The Hall–Kier alpha value is -1.06. The van der Waals surface area contributed by atoms with Crippen LogP contribution in [0.25, 0.3) is 0 Å². The van der Waals surface area contributed by atoms with E-state index in [2.05, 4.69) is 11.4 Å². The van der Waals surface area contributed by atoms with E-state index in [0.717, 1.165) is 30.9 Å². The van der Waals surface area contributed by atoms with Gasteiger partial charge in [-0.3, -0.25) is 5.32 Å². The van der Waals surface area contributed by atoms with Gasteiger partial charge < -0.3 is 9.47 Å². The van der Waals surface area contributed by atoms with Gasteiger partial charge in [-0.2, -0.15) is 0 Å². The van der Waals surface area contributed by atoms with Crippen molar-refractivity contribution in [1.29, 1.82) is 0 Å². The van der Waals surface area contributed by atoms with Crippen molar-refractivity contribution in [2.75, 3.05) is 19.8 Å². The molecule has 0 aliphatic carbocycles. The molecule has 1 unspecified atom stereocenters. The third-order valence-corrected chi connectivity index (χ3v) is 2.41. The SMILES string of the molecule is CCOc1cccc(C2NCCCO2)c1. The minimum absolute atomic E-state index is 0.0270. The molecule has 0 radical (unpaired) electrons. The first-order valence-electron chi connectivity index (χ1n) is 5.48. The second-order valence-electron chi connectivity index (χ2n) is 3.56. The zero-order valence-corrected chi connectivity index (χ0v) is 9.03. The van der Waals surface area contributed by atoms with Gasteiger partial charge >= 0.3 is 0 Å². The average molecular weight is 207 g/mol. The van der Waals surface area contributed by atoms with Crippen LogP contribution < -0.4 is 10.1 Å². The van der Waals surface area contributed by atoms with Crippen LogP contribution in [0.15, 0.2) is 24.3 Å². The van der Waals surface area contributed by atoms with Crippen LogP contribution in [0.4, 0.5) is 0 Å². The number of hydrogen-bond donors (Lipinski definition) is 1. The fourth-order valence-corrected chi connectivity index (χ4v) is 1.71. The van der Waals surface area contributed by atoms with E-state index < -0.39 is 0 Å². The summed E-state index contributed by atoms with van der Waals surface area (Å²) >= 11 is 0. The van der Waals surface area contributed by atoms with Gasteiger partial charge in [0.15, 0.2) is 0 Å². The molecule has 0 spiro atoms. The van der Waals surface area contributed by atoms with E-state index in [1.807, 2.05) is 25.1 Å². The maximum Gasteiger partial charge on any atom is 0.134 e. The van der Waals surface area contributed by atoms with Crippen LogP contribution in [0.3, 0.4) is 0 Å². The zero-order chi connectivity index (χ0) is 10.5. The summed E-state index contributed by atoms with van der Waals surface area (Å²) < 4.78 is 11.1. The summed E-state index contributed by atoms with van der Waals surface area (Å²) in [4.78, 5) is 0. The van der Waals surface area contributed by atoms with E-state index in [1.165, 1.54) is 0 Å². The summed E-state index contributed by atoms with van der Waals surface area (Å²) in [7, 11) is 0. The minimum Gasteiger partial charge on any atom is -0.494 e. The molecule has 15 heavy (non-hydrogen) atoms.